The molecule has 1 heterocycles. The van der Waals surface area contributed by atoms with Crippen LogP contribution in [0.2, 0.25) is 5.02 Å². The van der Waals surface area contributed by atoms with Crippen LogP contribution in [-0.2, 0) is 11.0 Å². The molecule has 2 amide bonds. The fourth-order valence-corrected chi connectivity index (χ4v) is 3.76. The highest BCUT2D eigenvalue weighted by Gasteiger charge is 2.34. The van der Waals surface area contributed by atoms with Gasteiger partial charge in [-0.1, -0.05) is 48.0 Å². The van der Waals surface area contributed by atoms with E-state index in [0.717, 1.165) is 12.1 Å². The van der Waals surface area contributed by atoms with Crippen molar-refractivity contribution in [2.75, 3.05) is 10.6 Å². The van der Waals surface area contributed by atoms with E-state index in [-0.39, 0.29) is 11.3 Å². The summed E-state index contributed by atoms with van der Waals surface area (Å²) in [7, 11) is 0. The molecule has 34 heavy (non-hydrogen) atoms. The molecule has 0 aliphatic heterocycles. The average molecular weight is 484 g/mol. The summed E-state index contributed by atoms with van der Waals surface area (Å²) in [4.78, 5) is 29.0. The number of carbonyl (C=O) groups is 2. The largest absolute Gasteiger partial charge is 0.418 e. The fraction of sp³-hybridized carbons (Fsp3) is 0.0800. The summed E-state index contributed by atoms with van der Waals surface area (Å²) in [6.45, 7) is 1.19. The molecule has 4 rings (SSSR count). The van der Waals surface area contributed by atoms with Gasteiger partial charge in [0.1, 0.15) is 0 Å². The van der Waals surface area contributed by atoms with Crippen molar-refractivity contribution in [1.82, 2.24) is 4.98 Å². The van der Waals surface area contributed by atoms with Crippen LogP contribution in [0, 0.1) is 0 Å². The van der Waals surface area contributed by atoms with E-state index in [2.05, 4.69) is 15.6 Å². The number of pyridine rings is 1. The third kappa shape index (κ3) is 4.87. The molecule has 3 aromatic carbocycles. The average Bonchev–Trinajstić information content (AvgIpc) is 2.78. The second-order valence-corrected chi connectivity index (χ2v) is 7.85. The predicted molar refractivity (Wildman–Crippen MR) is 126 cm³/mol. The van der Waals surface area contributed by atoms with Gasteiger partial charge >= 0.3 is 6.18 Å². The molecule has 0 unspecified atom stereocenters. The lowest BCUT2D eigenvalue weighted by Crippen LogP contribution is -2.18. The smallest absolute Gasteiger partial charge is 0.326 e. The van der Waals surface area contributed by atoms with Crippen molar-refractivity contribution in [1.29, 1.82) is 0 Å². The van der Waals surface area contributed by atoms with Crippen molar-refractivity contribution in [3.8, 4) is 11.3 Å². The number of aromatic nitrogens is 1. The van der Waals surface area contributed by atoms with E-state index in [0.29, 0.717) is 27.2 Å². The van der Waals surface area contributed by atoms with Gasteiger partial charge in [-0.2, -0.15) is 13.2 Å². The third-order valence-corrected chi connectivity index (χ3v) is 5.33. The SMILES string of the molecule is CC(=O)Nc1ccc(NC(=O)c2cc(-c3ccccc3Cl)nc3ccccc23)c(C(F)(F)F)c1. The van der Waals surface area contributed by atoms with Gasteiger partial charge in [-0.15, -0.1) is 0 Å². The number of benzene rings is 3. The molecular weight excluding hydrogens is 467 g/mol. The maximum atomic E-state index is 13.7. The second-order valence-electron chi connectivity index (χ2n) is 7.45. The van der Waals surface area contributed by atoms with Gasteiger partial charge < -0.3 is 10.6 Å². The number of para-hydroxylation sites is 1. The maximum absolute atomic E-state index is 13.7. The van der Waals surface area contributed by atoms with Gasteiger partial charge in [0.25, 0.3) is 5.91 Å². The van der Waals surface area contributed by atoms with Crippen molar-refractivity contribution < 1.29 is 22.8 Å². The van der Waals surface area contributed by atoms with Gasteiger partial charge in [0.05, 0.1) is 28.0 Å². The van der Waals surface area contributed by atoms with Crippen molar-refractivity contribution in [2.45, 2.75) is 13.1 Å². The van der Waals surface area contributed by atoms with Crippen LogP contribution in [0.5, 0.6) is 0 Å². The van der Waals surface area contributed by atoms with Crippen LogP contribution in [0.25, 0.3) is 22.2 Å². The van der Waals surface area contributed by atoms with Crippen LogP contribution in [0.1, 0.15) is 22.8 Å². The predicted octanol–water partition coefficient (Wildman–Crippen LogP) is 6.78. The summed E-state index contributed by atoms with van der Waals surface area (Å²) in [5, 5.41) is 5.57. The first-order chi connectivity index (χ1) is 16.1. The molecule has 0 spiro atoms. The van der Waals surface area contributed by atoms with Gasteiger partial charge in [0, 0.05) is 28.6 Å². The molecule has 0 saturated carbocycles. The lowest BCUT2D eigenvalue weighted by Gasteiger charge is -2.16. The Bertz CT molecular complexity index is 1420. The number of rotatable bonds is 4. The number of nitrogens with zero attached hydrogens (tertiary/aromatic N) is 1. The number of anilines is 2. The summed E-state index contributed by atoms with van der Waals surface area (Å²) in [5.74, 6) is -1.26. The third-order valence-electron chi connectivity index (χ3n) is 5.00. The summed E-state index contributed by atoms with van der Waals surface area (Å²) < 4.78 is 41.1. The van der Waals surface area contributed by atoms with E-state index < -0.39 is 29.2 Å². The Kier molecular flexibility index (Phi) is 6.26. The zero-order chi connectivity index (χ0) is 24.5. The van der Waals surface area contributed by atoms with Crippen LogP contribution in [0.3, 0.4) is 0 Å². The topological polar surface area (TPSA) is 71.1 Å². The highest BCUT2D eigenvalue weighted by molar-refractivity contribution is 6.33. The van der Waals surface area contributed by atoms with Crippen LogP contribution in [-0.4, -0.2) is 16.8 Å². The van der Waals surface area contributed by atoms with E-state index in [1.54, 1.807) is 48.5 Å². The van der Waals surface area contributed by atoms with Crippen LogP contribution in [0.4, 0.5) is 24.5 Å². The van der Waals surface area contributed by atoms with E-state index in [1.165, 1.54) is 19.1 Å². The zero-order valence-electron chi connectivity index (χ0n) is 17.7. The quantitative estimate of drug-likeness (QED) is 0.336. The fourth-order valence-electron chi connectivity index (χ4n) is 3.53. The van der Waals surface area contributed by atoms with Gasteiger partial charge in [0.15, 0.2) is 0 Å². The number of carbonyl (C=O) groups excluding carboxylic acids is 2. The molecule has 4 aromatic rings. The standard InChI is InChI=1S/C25H17ClF3N3O2/c1-14(33)30-15-10-11-22(19(12-15)25(27,28)29)32-24(34)18-13-23(17-7-2-4-8-20(17)26)31-21-9-5-3-6-16(18)21/h2-13H,1H3,(H,30,33)(H,32,34). The number of nitrogens with one attached hydrogen (secondary N) is 2. The molecule has 5 nitrogen and oxygen atoms in total. The molecule has 1 aromatic heterocycles. The zero-order valence-corrected chi connectivity index (χ0v) is 18.5. The number of fused-ring (bicyclic) bond motifs is 1. The normalized spacial score (nSPS) is 11.3. The lowest BCUT2D eigenvalue weighted by molar-refractivity contribution is -0.137. The summed E-state index contributed by atoms with van der Waals surface area (Å²) >= 11 is 6.30. The number of halogens is 4. The van der Waals surface area contributed by atoms with Gasteiger partial charge in [-0.25, -0.2) is 4.98 Å². The highest BCUT2D eigenvalue weighted by atomic mass is 35.5. The minimum absolute atomic E-state index is 0.0341. The summed E-state index contributed by atoms with van der Waals surface area (Å²) in [6, 6.07) is 18.4. The number of amides is 2. The van der Waals surface area contributed by atoms with Gasteiger partial charge in [0.2, 0.25) is 5.91 Å². The Morgan fingerprint density at radius 1 is 0.912 bits per heavy atom. The van der Waals surface area contributed by atoms with E-state index >= 15 is 0 Å². The van der Waals surface area contributed by atoms with Crippen LogP contribution >= 0.6 is 11.6 Å². The minimum Gasteiger partial charge on any atom is -0.326 e. The van der Waals surface area contributed by atoms with Gasteiger partial charge in [-0.3, -0.25) is 9.59 Å². The molecule has 0 aliphatic rings. The lowest BCUT2D eigenvalue weighted by atomic mass is 10.0. The molecule has 0 bridgehead atoms. The maximum Gasteiger partial charge on any atom is 0.418 e. The first-order valence-electron chi connectivity index (χ1n) is 10.1. The van der Waals surface area contributed by atoms with Crippen LogP contribution < -0.4 is 10.6 Å². The molecule has 0 aliphatic carbocycles. The Balaban J connectivity index is 1.80. The number of hydrogen-bond acceptors (Lipinski definition) is 3. The van der Waals surface area contributed by atoms with E-state index in [1.807, 2.05) is 0 Å². The van der Waals surface area contributed by atoms with E-state index in [9.17, 15) is 22.8 Å². The van der Waals surface area contributed by atoms with Crippen molar-refractivity contribution in [2.24, 2.45) is 0 Å². The molecule has 2 N–H and O–H groups in total. The summed E-state index contributed by atoms with van der Waals surface area (Å²) in [6.07, 6.45) is -4.76. The first kappa shape index (κ1) is 23.3. The Morgan fingerprint density at radius 3 is 2.32 bits per heavy atom. The van der Waals surface area contributed by atoms with Crippen molar-refractivity contribution >= 4 is 45.7 Å². The van der Waals surface area contributed by atoms with Gasteiger partial charge in [-0.05, 0) is 36.4 Å². The summed E-state index contributed by atoms with van der Waals surface area (Å²) in [5.41, 5.74) is 0.0598. The number of alkyl halides is 3. The van der Waals surface area contributed by atoms with Crippen LogP contribution in [0.15, 0.2) is 72.8 Å². The Labute approximate surface area is 197 Å². The van der Waals surface area contributed by atoms with Crippen molar-refractivity contribution in [3.05, 3.63) is 88.9 Å². The molecular formula is C25H17ClF3N3O2. The monoisotopic (exact) mass is 483 g/mol. The second kappa shape index (κ2) is 9.15. The number of hydrogen-bond donors (Lipinski definition) is 2. The Hall–Kier alpha value is -3.91. The first-order valence-corrected chi connectivity index (χ1v) is 10.5. The van der Waals surface area contributed by atoms with Crippen molar-refractivity contribution in [3.63, 3.8) is 0 Å². The molecule has 172 valence electrons. The Morgan fingerprint density at radius 2 is 1.62 bits per heavy atom. The molecule has 0 atom stereocenters. The molecule has 9 heteroatoms. The van der Waals surface area contributed by atoms with E-state index in [4.69, 9.17) is 11.6 Å². The minimum atomic E-state index is -4.76. The molecule has 0 radical (unpaired) electrons. The molecule has 0 saturated heterocycles. The molecule has 0 fully saturated rings. The highest BCUT2D eigenvalue weighted by Crippen LogP contribution is 2.37.